The van der Waals surface area contributed by atoms with Gasteiger partial charge in [0.25, 0.3) is 0 Å². The smallest absolute Gasteiger partial charge is 0.305 e. The third kappa shape index (κ3) is 6.28. The molecule has 1 aromatic carbocycles. The van der Waals surface area contributed by atoms with Crippen molar-refractivity contribution in [1.29, 1.82) is 0 Å². The van der Waals surface area contributed by atoms with Crippen LogP contribution in [0.3, 0.4) is 0 Å². The number of methoxy groups -OCH3 is 1. The van der Waals surface area contributed by atoms with Crippen molar-refractivity contribution in [2.45, 2.75) is 51.4 Å². The second kappa shape index (κ2) is 10.0. The van der Waals surface area contributed by atoms with E-state index in [2.05, 4.69) is 15.0 Å². The van der Waals surface area contributed by atoms with Gasteiger partial charge in [0.1, 0.15) is 0 Å². The number of fused-ring (bicyclic) bond motifs is 1. The molecule has 0 unspecified atom stereocenters. The monoisotopic (exact) mass is 348 g/mol. The van der Waals surface area contributed by atoms with Crippen molar-refractivity contribution in [1.82, 2.24) is 4.98 Å². The largest absolute Gasteiger partial charge is 0.469 e. The molecule has 1 heterocycles. The van der Waals surface area contributed by atoms with Crippen LogP contribution in [0.5, 0.6) is 0 Å². The minimum atomic E-state index is -0.137. The van der Waals surface area contributed by atoms with E-state index in [1.165, 1.54) is 18.4 Å². The molecule has 5 nitrogen and oxygen atoms in total. The van der Waals surface area contributed by atoms with Gasteiger partial charge in [0.2, 0.25) is 5.91 Å². The van der Waals surface area contributed by atoms with Crippen molar-refractivity contribution in [3.8, 4) is 0 Å². The number of rotatable bonds is 10. The number of ether oxygens (including phenoxy) is 1. The van der Waals surface area contributed by atoms with E-state index in [0.717, 1.165) is 48.7 Å². The molecule has 0 spiro atoms. The molecule has 0 aliphatic rings. The van der Waals surface area contributed by atoms with E-state index >= 15 is 0 Å². The maximum atomic E-state index is 11.9. The Morgan fingerprint density at radius 2 is 1.71 bits per heavy atom. The van der Waals surface area contributed by atoms with Crippen LogP contribution in [0, 0.1) is 0 Å². The Bertz CT molecular complexity index is 636. The average Bonchev–Trinajstić information content (AvgIpc) is 2.99. The van der Waals surface area contributed by atoms with Gasteiger partial charge in [-0.3, -0.25) is 9.59 Å². The van der Waals surface area contributed by atoms with Gasteiger partial charge in [-0.1, -0.05) is 49.2 Å². The van der Waals surface area contributed by atoms with Gasteiger partial charge in [0, 0.05) is 12.8 Å². The van der Waals surface area contributed by atoms with E-state index in [1.807, 2.05) is 24.3 Å². The normalized spacial score (nSPS) is 10.7. The SMILES string of the molecule is COC(=O)CCCCCCCCC(=O)Nc1nc2ccccc2s1. The molecule has 1 aromatic heterocycles. The highest BCUT2D eigenvalue weighted by Crippen LogP contribution is 2.25. The Morgan fingerprint density at radius 3 is 2.42 bits per heavy atom. The number of hydrogen-bond donors (Lipinski definition) is 1. The quantitative estimate of drug-likeness (QED) is 0.506. The van der Waals surface area contributed by atoms with Crippen LogP contribution in [0.2, 0.25) is 0 Å². The average molecular weight is 348 g/mol. The molecule has 1 N–H and O–H groups in total. The number of amides is 1. The lowest BCUT2D eigenvalue weighted by Gasteiger charge is -2.02. The maximum Gasteiger partial charge on any atom is 0.305 e. The molecule has 2 aromatic rings. The molecular weight excluding hydrogens is 324 g/mol. The van der Waals surface area contributed by atoms with Gasteiger partial charge in [0.15, 0.2) is 5.13 Å². The van der Waals surface area contributed by atoms with Gasteiger partial charge < -0.3 is 10.1 Å². The summed E-state index contributed by atoms with van der Waals surface area (Å²) in [6.07, 6.45) is 7.04. The van der Waals surface area contributed by atoms with Crippen molar-refractivity contribution in [3.63, 3.8) is 0 Å². The Labute approximate surface area is 146 Å². The van der Waals surface area contributed by atoms with Crippen LogP contribution in [0.25, 0.3) is 10.2 Å². The summed E-state index contributed by atoms with van der Waals surface area (Å²) in [4.78, 5) is 27.3. The first-order valence-corrected chi connectivity index (χ1v) is 9.23. The molecule has 1 amide bonds. The highest BCUT2D eigenvalue weighted by Gasteiger charge is 2.07. The van der Waals surface area contributed by atoms with Crippen LogP contribution in [-0.4, -0.2) is 24.0 Å². The molecule has 0 fully saturated rings. The first-order valence-electron chi connectivity index (χ1n) is 8.41. The van der Waals surface area contributed by atoms with Gasteiger partial charge in [-0.05, 0) is 25.0 Å². The van der Waals surface area contributed by atoms with Crippen molar-refractivity contribution in [3.05, 3.63) is 24.3 Å². The van der Waals surface area contributed by atoms with Crippen LogP contribution in [0.1, 0.15) is 51.4 Å². The Hall–Kier alpha value is -1.95. The molecule has 0 atom stereocenters. The fourth-order valence-electron chi connectivity index (χ4n) is 2.47. The molecule has 0 saturated heterocycles. The molecule has 0 bridgehead atoms. The summed E-state index contributed by atoms with van der Waals surface area (Å²) < 4.78 is 5.69. The lowest BCUT2D eigenvalue weighted by molar-refractivity contribution is -0.140. The zero-order chi connectivity index (χ0) is 17.2. The summed E-state index contributed by atoms with van der Waals surface area (Å²) in [5, 5.41) is 3.55. The number of esters is 1. The number of carbonyl (C=O) groups excluding carboxylic acids is 2. The summed E-state index contributed by atoms with van der Waals surface area (Å²) in [5.41, 5.74) is 0.921. The lowest BCUT2D eigenvalue weighted by Crippen LogP contribution is -2.10. The van der Waals surface area contributed by atoms with Crippen LogP contribution in [0.4, 0.5) is 5.13 Å². The van der Waals surface area contributed by atoms with Crippen molar-refractivity contribution in [2.75, 3.05) is 12.4 Å². The lowest BCUT2D eigenvalue weighted by atomic mass is 10.1. The first kappa shape index (κ1) is 18.4. The number of nitrogens with zero attached hydrogens (tertiary/aromatic N) is 1. The van der Waals surface area contributed by atoms with Crippen LogP contribution in [-0.2, 0) is 14.3 Å². The van der Waals surface area contributed by atoms with Crippen LogP contribution < -0.4 is 5.32 Å². The minimum Gasteiger partial charge on any atom is -0.469 e. The highest BCUT2D eigenvalue weighted by atomic mass is 32.1. The van der Waals surface area contributed by atoms with E-state index in [0.29, 0.717) is 18.0 Å². The van der Waals surface area contributed by atoms with Gasteiger partial charge >= 0.3 is 5.97 Å². The number of para-hydroxylation sites is 1. The molecule has 0 saturated carbocycles. The number of anilines is 1. The fourth-order valence-corrected chi connectivity index (χ4v) is 3.35. The number of carbonyl (C=O) groups is 2. The minimum absolute atomic E-state index is 0.0275. The van der Waals surface area contributed by atoms with Gasteiger partial charge in [0.05, 0.1) is 17.3 Å². The van der Waals surface area contributed by atoms with Crippen LogP contribution in [0.15, 0.2) is 24.3 Å². The molecule has 130 valence electrons. The summed E-state index contributed by atoms with van der Waals surface area (Å²) in [5.74, 6) is -0.110. The van der Waals surface area contributed by atoms with Gasteiger partial charge in [-0.25, -0.2) is 4.98 Å². The van der Waals surface area contributed by atoms with E-state index in [1.54, 1.807) is 0 Å². The number of nitrogens with one attached hydrogen (secondary N) is 1. The van der Waals surface area contributed by atoms with E-state index in [4.69, 9.17) is 0 Å². The number of aromatic nitrogens is 1. The highest BCUT2D eigenvalue weighted by molar-refractivity contribution is 7.22. The molecule has 2 rings (SSSR count). The molecular formula is C18H24N2O3S. The van der Waals surface area contributed by atoms with E-state index in [-0.39, 0.29) is 11.9 Å². The second-order valence-corrected chi connectivity index (χ2v) is 6.76. The fraction of sp³-hybridized carbons (Fsp3) is 0.500. The van der Waals surface area contributed by atoms with Crippen molar-refractivity contribution in [2.24, 2.45) is 0 Å². The first-order chi connectivity index (χ1) is 11.7. The van der Waals surface area contributed by atoms with Gasteiger partial charge in [-0.15, -0.1) is 0 Å². The summed E-state index contributed by atoms with van der Waals surface area (Å²) in [6, 6.07) is 7.86. The van der Waals surface area contributed by atoms with E-state index in [9.17, 15) is 9.59 Å². The standard InChI is InChI=1S/C18H24N2O3S/c1-23-17(22)13-7-5-3-2-4-6-12-16(21)20-18-19-14-10-8-9-11-15(14)24-18/h8-11H,2-7,12-13H2,1H3,(H,19,20,21). The van der Waals surface area contributed by atoms with Crippen molar-refractivity contribution >= 4 is 38.6 Å². The van der Waals surface area contributed by atoms with Crippen molar-refractivity contribution < 1.29 is 14.3 Å². The third-order valence-corrected chi connectivity index (χ3v) is 4.75. The van der Waals surface area contributed by atoms with Crippen LogP contribution >= 0.6 is 11.3 Å². The second-order valence-electron chi connectivity index (χ2n) is 5.73. The zero-order valence-corrected chi connectivity index (χ0v) is 14.9. The summed E-state index contributed by atoms with van der Waals surface area (Å²) >= 11 is 1.50. The van der Waals surface area contributed by atoms with Gasteiger partial charge in [-0.2, -0.15) is 0 Å². The number of thiazole rings is 1. The Balaban J connectivity index is 1.54. The predicted octanol–water partition coefficient (Wildman–Crippen LogP) is 4.53. The number of unbranched alkanes of at least 4 members (excludes halogenated alkanes) is 5. The topological polar surface area (TPSA) is 68.3 Å². The maximum absolute atomic E-state index is 11.9. The zero-order valence-electron chi connectivity index (χ0n) is 14.0. The predicted molar refractivity (Wildman–Crippen MR) is 97.2 cm³/mol. The third-order valence-electron chi connectivity index (χ3n) is 3.80. The summed E-state index contributed by atoms with van der Waals surface area (Å²) in [6.45, 7) is 0. The van der Waals surface area contributed by atoms with E-state index < -0.39 is 0 Å². The molecule has 0 radical (unpaired) electrons. The molecule has 0 aliphatic heterocycles. The molecule has 24 heavy (non-hydrogen) atoms. The number of hydrogen-bond acceptors (Lipinski definition) is 5. The number of benzene rings is 1. The molecule has 0 aliphatic carbocycles. The Morgan fingerprint density at radius 1 is 1.04 bits per heavy atom. The Kier molecular flexibility index (Phi) is 7.68. The molecule has 6 heteroatoms. The summed E-state index contributed by atoms with van der Waals surface area (Å²) in [7, 11) is 1.42.